The highest BCUT2D eigenvalue weighted by Crippen LogP contribution is 2.30. The van der Waals surface area contributed by atoms with Crippen LogP contribution >= 0.6 is 22.9 Å². The van der Waals surface area contributed by atoms with Crippen LogP contribution in [0.4, 0.5) is 0 Å². The van der Waals surface area contributed by atoms with E-state index in [1.165, 1.54) is 18.3 Å². The number of thiophene rings is 1. The Hall–Kier alpha value is -1.77. The molecule has 3 rings (SSSR count). The Morgan fingerprint density at radius 3 is 2.91 bits per heavy atom. The zero-order valence-corrected chi connectivity index (χ0v) is 13.4. The molecule has 1 aliphatic rings. The summed E-state index contributed by atoms with van der Waals surface area (Å²) in [6.07, 6.45) is 1.49. The van der Waals surface area contributed by atoms with Crippen LogP contribution in [-0.2, 0) is 14.7 Å². The molecule has 0 aromatic carbocycles. The third kappa shape index (κ3) is 2.90. The number of aromatic nitrogens is 1. The van der Waals surface area contributed by atoms with Crippen molar-refractivity contribution in [2.45, 2.75) is 10.6 Å². The van der Waals surface area contributed by atoms with E-state index in [0.717, 1.165) is 11.3 Å². The number of hydrogen-bond donors (Lipinski definition) is 0. The van der Waals surface area contributed by atoms with E-state index in [0.29, 0.717) is 11.3 Å². The van der Waals surface area contributed by atoms with Gasteiger partial charge in [-0.25, -0.2) is 18.2 Å². The van der Waals surface area contributed by atoms with Gasteiger partial charge in [-0.1, -0.05) is 16.8 Å². The Morgan fingerprint density at radius 1 is 1.36 bits per heavy atom. The summed E-state index contributed by atoms with van der Waals surface area (Å²) in [6, 6.07) is 4.60. The van der Waals surface area contributed by atoms with Crippen molar-refractivity contribution in [3.63, 3.8) is 0 Å². The maximum absolute atomic E-state index is 11.9. The molecular weight excluding hydrogens is 348 g/mol. The fourth-order valence-electron chi connectivity index (χ4n) is 1.95. The second kappa shape index (κ2) is 5.79. The average Bonchev–Trinajstić information content (AvgIpc) is 2.98. The largest absolute Gasteiger partial charge is 0.367 e. The summed E-state index contributed by atoms with van der Waals surface area (Å²) < 4.78 is 24.1. The van der Waals surface area contributed by atoms with Crippen molar-refractivity contribution >= 4 is 44.5 Å². The highest BCUT2D eigenvalue weighted by molar-refractivity contribution is 7.93. The van der Waals surface area contributed by atoms with Crippen molar-refractivity contribution in [2.75, 3.05) is 5.75 Å². The molecule has 0 aliphatic carbocycles. The lowest BCUT2D eigenvalue weighted by Crippen LogP contribution is -2.20. The summed E-state index contributed by atoms with van der Waals surface area (Å²) >= 11 is 6.77. The molecule has 0 saturated carbocycles. The van der Waals surface area contributed by atoms with Crippen molar-refractivity contribution in [3.05, 3.63) is 46.1 Å². The molecule has 0 atom stereocenters. The molecule has 9 heteroatoms. The van der Waals surface area contributed by atoms with Crippen LogP contribution in [0.25, 0.3) is 0 Å². The molecule has 1 aliphatic heterocycles. The first kappa shape index (κ1) is 15.1. The van der Waals surface area contributed by atoms with E-state index in [9.17, 15) is 13.2 Å². The predicted octanol–water partition coefficient (Wildman–Crippen LogP) is 2.54. The van der Waals surface area contributed by atoms with Gasteiger partial charge in [-0.15, -0.1) is 11.3 Å². The van der Waals surface area contributed by atoms with E-state index in [2.05, 4.69) is 10.1 Å². The van der Waals surface area contributed by atoms with Gasteiger partial charge in [0.2, 0.25) is 0 Å². The molecule has 2 aromatic heterocycles. The van der Waals surface area contributed by atoms with Crippen LogP contribution in [0.3, 0.4) is 0 Å². The standard InChI is InChI=1S/C13H9ClN2O4S2/c14-11-2-1-8(7-15-11)12(17)20-16-10-4-6-22(18,19)13-9(10)3-5-21-13/h1-3,5,7H,4,6H2. The third-order valence-corrected chi connectivity index (χ3v) is 6.54. The van der Waals surface area contributed by atoms with E-state index >= 15 is 0 Å². The Morgan fingerprint density at radius 2 is 2.18 bits per heavy atom. The highest BCUT2D eigenvalue weighted by atomic mass is 35.5. The average molecular weight is 357 g/mol. The van der Waals surface area contributed by atoms with Crippen molar-refractivity contribution in [2.24, 2.45) is 5.16 Å². The summed E-state index contributed by atoms with van der Waals surface area (Å²) in [5, 5.41) is 5.75. The summed E-state index contributed by atoms with van der Waals surface area (Å²) in [4.78, 5) is 20.5. The second-order valence-electron chi connectivity index (χ2n) is 4.48. The van der Waals surface area contributed by atoms with Crippen molar-refractivity contribution in [3.8, 4) is 0 Å². The molecule has 2 aromatic rings. The number of nitrogens with zero attached hydrogens (tertiary/aromatic N) is 2. The first-order valence-corrected chi connectivity index (χ1v) is 9.09. The van der Waals surface area contributed by atoms with Crippen LogP contribution in [0.1, 0.15) is 22.3 Å². The van der Waals surface area contributed by atoms with Crippen LogP contribution in [-0.4, -0.2) is 30.8 Å². The summed E-state index contributed by atoms with van der Waals surface area (Å²) in [7, 11) is -3.25. The molecule has 0 radical (unpaired) electrons. The van der Waals surface area contributed by atoms with Gasteiger partial charge in [0.05, 0.1) is 17.0 Å². The number of carbonyl (C=O) groups is 1. The molecule has 22 heavy (non-hydrogen) atoms. The topological polar surface area (TPSA) is 85.7 Å². The first-order chi connectivity index (χ1) is 10.5. The van der Waals surface area contributed by atoms with Crippen LogP contribution < -0.4 is 0 Å². The van der Waals surface area contributed by atoms with Crippen LogP contribution in [0.2, 0.25) is 5.15 Å². The molecule has 0 fully saturated rings. The van der Waals surface area contributed by atoms with Crippen LogP contribution in [0.5, 0.6) is 0 Å². The van der Waals surface area contributed by atoms with Crippen molar-refractivity contribution < 1.29 is 18.0 Å². The quantitative estimate of drug-likeness (QED) is 0.469. The second-order valence-corrected chi connectivity index (χ2v) is 8.08. The molecule has 0 saturated heterocycles. The fraction of sp³-hybridized carbons (Fsp3) is 0.154. The van der Waals surface area contributed by atoms with Gasteiger partial charge in [-0.3, -0.25) is 0 Å². The minimum atomic E-state index is -3.25. The van der Waals surface area contributed by atoms with Gasteiger partial charge in [-0.2, -0.15) is 0 Å². The molecule has 3 heterocycles. The molecule has 114 valence electrons. The molecular formula is C13H9ClN2O4S2. The SMILES string of the molecule is O=C(ON=C1CCS(=O)(=O)c2sccc21)c1ccc(Cl)nc1. The third-order valence-electron chi connectivity index (χ3n) is 3.03. The zero-order chi connectivity index (χ0) is 15.7. The molecule has 0 N–H and O–H groups in total. The first-order valence-electron chi connectivity index (χ1n) is 6.18. The fourth-order valence-corrected chi connectivity index (χ4v) is 4.87. The summed E-state index contributed by atoms with van der Waals surface area (Å²) in [5.74, 6) is -0.721. The number of carbonyl (C=O) groups excluding carboxylic acids is 1. The van der Waals surface area contributed by atoms with Gasteiger partial charge in [0.25, 0.3) is 0 Å². The normalized spacial score (nSPS) is 18.0. The Bertz CT molecular complexity index is 856. The summed E-state index contributed by atoms with van der Waals surface area (Å²) in [5.41, 5.74) is 1.15. The molecule has 0 bridgehead atoms. The van der Waals surface area contributed by atoms with Gasteiger partial charge in [0.1, 0.15) is 9.36 Å². The lowest BCUT2D eigenvalue weighted by atomic mass is 10.1. The smallest absolute Gasteiger partial charge is 0.312 e. The van der Waals surface area contributed by atoms with E-state index in [-0.39, 0.29) is 27.1 Å². The van der Waals surface area contributed by atoms with Gasteiger partial charge < -0.3 is 4.84 Å². The Kier molecular flexibility index (Phi) is 3.98. The molecule has 6 nitrogen and oxygen atoms in total. The number of hydrogen-bond acceptors (Lipinski definition) is 7. The van der Waals surface area contributed by atoms with E-state index in [1.54, 1.807) is 11.4 Å². The van der Waals surface area contributed by atoms with E-state index < -0.39 is 15.8 Å². The number of rotatable bonds is 2. The van der Waals surface area contributed by atoms with E-state index in [4.69, 9.17) is 16.4 Å². The number of oxime groups is 1. The lowest BCUT2D eigenvalue weighted by molar-refractivity contribution is 0.0515. The monoisotopic (exact) mass is 356 g/mol. The van der Waals surface area contributed by atoms with Gasteiger partial charge >= 0.3 is 5.97 Å². The van der Waals surface area contributed by atoms with Gasteiger partial charge in [0, 0.05) is 18.2 Å². The van der Waals surface area contributed by atoms with Crippen LogP contribution in [0.15, 0.2) is 39.1 Å². The van der Waals surface area contributed by atoms with Crippen LogP contribution in [0, 0.1) is 0 Å². The Balaban J connectivity index is 1.82. The van der Waals surface area contributed by atoms with Gasteiger partial charge in [0.15, 0.2) is 9.84 Å². The predicted molar refractivity (Wildman–Crippen MR) is 82.2 cm³/mol. The minimum Gasteiger partial charge on any atom is -0.312 e. The number of halogens is 1. The Labute approximate surface area is 135 Å². The molecule has 0 unspecified atom stereocenters. The number of pyridine rings is 1. The number of sulfone groups is 1. The lowest BCUT2D eigenvalue weighted by Gasteiger charge is -2.13. The molecule has 0 amide bonds. The zero-order valence-electron chi connectivity index (χ0n) is 11.0. The minimum absolute atomic E-state index is 0.0423. The number of fused-ring (bicyclic) bond motifs is 1. The maximum atomic E-state index is 11.9. The van der Waals surface area contributed by atoms with E-state index in [1.807, 2.05) is 0 Å². The maximum Gasteiger partial charge on any atom is 0.367 e. The van der Waals surface area contributed by atoms with Crippen molar-refractivity contribution in [1.29, 1.82) is 0 Å². The highest BCUT2D eigenvalue weighted by Gasteiger charge is 2.29. The molecule has 0 spiro atoms. The van der Waals surface area contributed by atoms with Crippen molar-refractivity contribution in [1.82, 2.24) is 4.98 Å². The van der Waals surface area contributed by atoms with Gasteiger partial charge in [-0.05, 0) is 23.6 Å². The summed E-state index contributed by atoms with van der Waals surface area (Å²) in [6.45, 7) is 0.